The minimum absolute atomic E-state index is 0.0186. The number of ether oxygens (including phenoxy) is 1. The molecule has 1 aromatic rings. The van der Waals surface area contributed by atoms with Crippen molar-refractivity contribution >= 4 is 15.8 Å². The van der Waals surface area contributed by atoms with Gasteiger partial charge in [-0.1, -0.05) is 12.1 Å². The zero-order chi connectivity index (χ0) is 18.2. The molecule has 0 radical (unpaired) electrons. The number of aliphatic imine (C=N–C) groups is 1. The van der Waals surface area contributed by atoms with E-state index in [1.54, 1.807) is 7.11 Å². The van der Waals surface area contributed by atoms with E-state index in [4.69, 9.17) is 4.74 Å². The van der Waals surface area contributed by atoms with Gasteiger partial charge in [0.1, 0.15) is 15.6 Å². The number of methoxy groups -OCH3 is 1. The molecule has 1 rings (SSSR count). The first-order valence-electron chi connectivity index (χ1n) is 8.11. The van der Waals surface area contributed by atoms with Crippen molar-refractivity contribution in [2.45, 2.75) is 39.8 Å². The lowest BCUT2D eigenvalue weighted by atomic mass is 10.1. The fourth-order valence-corrected chi connectivity index (χ4v) is 2.93. The van der Waals surface area contributed by atoms with Crippen LogP contribution in [-0.2, 0) is 16.4 Å². The highest BCUT2D eigenvalue weighted by Crippen LogP contribution is 2.19. The molecule has 136 valence electrons. The molecule has 0 bridgehead atoms. The van der Waals surface area contributed by atoms with Crippen molar-refractivity contribution in [2.24, 2.45) is 4.99 Å². The lowest BCUT2D eigenvalue weighted by Gasteiger charge is -2.17. The molecule has 24 heavy (non-hydrogen) atoms. The van der Waals surface area contributed by atoms with E-state index in [2.05, 4.69) is 15.6 Å². The van der Waals surface area contributed by atoms with Gasteiger partial charge < -0.3 is 15.4 Å². The standard InChI is InChI=1S/C17H29N3O3S/c1-6-18-17(20-14(3)9-10-24(5,21)22)19-12-15-8-7-13(2)16(11-15)23-4/h7-8,11,14H,6,9-10,12H2,1-5H3,(H2,18,19,20). The van der Waals surface area contributed by atoms with Crippen molar-refractivity contribution in [1.82, 2.24) is 10.6 Å². The Labute approximate surface area is 145 Å². The highest BCUT2D eigenvalue weighted by Gasteiger charge is 2.09. The van der Waals surface area contributed by atoms with E-state index in [1.807, 2.05) is 39.0 Å². The van der Waals surface area contributed by atoms with Crippen LogP contribution in [0.25, 0.3) is 0 Å². The SMILES string of the molecule is CCNC(=NCc1ccc(C)c(OC)c1)NC(C)CCS(C)(=O)=O. The van der Waals surface area contributed by atoms with Crippen LogP contribution in [0.3, 0.4) is 0 Å². The van der Waals surface area contributed by atoms with Gasteiger partial charge in [0.2, 0.25) is 0 Å². The summed E-state index contributed by atoms with van der Waals surface area (Å²) in [5, 5.41) is 6.42. The van der Waals surface area contributed by atoms with E-state index in [0.717, 1.165) is 23.4 Å². The molecular weight excluding hydrogens is 326 g/mol. The number of benzene rings is 1. The first-order chi connectivity index (χ1) is 11.2. The van der Waals surface area contributed by atoms with Crippen molar-refractivity contribution < 1.29 is 13.2 Å². The van der Waals surface area contributed by atoms with Crippen LogP contribution in [0.15, 0.2) is 23.2 Å². The Kier molecular flexibility index (Phi) is 8.04. The third-order valence-corrected chi connectivity index (χ3v) is 4.52. The third-order valence-electron chi connectivity index (χ3n) is 3.54. The number of aryl methyl sites for hydroxylation is 1. The van der Waals surface area contributed by atoms with Gasteiger partial charge in [0.25, 0.3) is 0 Å². The summed E-state index contributed by atoms with van der Waals surface area (Å²) in [4.78, 5) is 4.56. The maximum atomic E-state index is 11.3. The summed E-state index contributed by atoms with van der Waals surface area (Å²) >= 11 is 0. The number of hydrogen-bond donors (Lipinski definition) is 2. The minimum atomic E-state index is -2.95. The van der Waals surface area contributed by atoms with Crippen LogP contribution in [0.2, 0.25) is 0 Å². The van der Waals surface area contributed by atoms with Crippen molar-refractivity contribution in [3.63, 3.8) is 0 Å². The zero-order valence-corrected chi connectivity index (χ0v) is 16.0. The predicted octanol–water partition coefficient (Wildman–Crippen LogP) is 1.88. The van der Waals surface area contributed by atoms with E-state index < -0.39 is 9.84 Å². The summed E-state index contributed by atoms with van der Waals surface area (Å²) in [6.45, 7) is 7.20. The Morgan fingerprint density at radius 1 is 1.38 bits per heavy atom. The molecule has 1 atom stereocenters. The minimum Gasteiger partial charge on any atom is -0.496 e. The molecule has 0 saturated carbocycles. The Hall–Kier alpha value is -1.76. The monoisotopic (exact) mass is 355 g/mol. The molecule has 0 aliphatic rings. The second kappa shape index (κ2) is 9.52. The van der Waals surface area contributed by atoms with Gasteiger partial charge in [-0.2, -0.15) is 0 Å². The van der Waals surface area contributed by atoms with Gasteiger partial charge in [0.15, 0.2) is 5.96 Å². The topological polar surface area (TPSA) is 79.8 Å². The number of nitrogens with zero attached hydrogens (tertiary/aromatic N) is 1. The second-order valence-corrected chi connectivity index (χ2v) is 8.22. The van der Waals surface area contributed by atoms with E-state index in [9.17, 15) is 8.42 Å². The molecule has 0 amide bonds. The Morgan fingerprint density at radius 2 is 2.08 bits per heavy atom. The average molecular weight is 356 g/mol. The maximum absolute atomic E-state index is 11.3. The Bertz CT molecular complexity index is 657. The molecule has 0 spiro atoms. The number of guanidine groups is 1. The molecule has 2 N–H and O–H groups in total. The van der Waals surface area contributed by atoms with E-state index in [-0.39, 0.29) is 11.8 Å². The number of rotatable bonds is 8. The Morgan fingerprint density at radius 3 is 2.67 bits per heavy atom. The van der Waals surface area contributed by atoms with E-state index in [1.165, 1.54) is 6.26 Å². The molecule has 6 nitrogen and oxygen atoms in total. The molecule has 7 heteroatoms. The summed E-state index contributed by atoms with van der Waals surface area (Å²) in [6, 6.07) is 6.04. The van der Waals surface area contributed by atoms with Crippen LogP contribution in [0, 0.1) is 6.92 Å². The van der Waals surface area contributed by atoms with Crippen molar-refractivity contribution in [1.29, 1.82) is 0 Å². The van der Waals surface area contributed by atoms with Crippen molar-refractivity contribution in [3.05, 3.63) is 29.3 Å². The number of hydrogen-bond acceptors (Lipinski definition) is 4. The van der Waals surface area contributed by atoms with Gasteiger partial charge in [-0.15, -0.1) is 0 Å². The van der Waals surface area contributed by atoms with Crippen LogP contribution < -0.4 is 15.4 Å². The average Bonchev–Trinajstić information content (AvgIpc) is 2.51. The fourth-order valence-electron chi connectivity index (χ4n) is 2.15. The second-order valence-electron chi connectivity index (χ2n) is 5.96. The predicted molar refractivity (Wildman–Crippen MR) is 99.5 cm³/mol. The highest BCUT2D eigenvalue weighted by atomic mass is 32.2. The fraction of sp³-hybridized carbons (Fsp3) is 0.588. The lowest BCUT2D eigenvalue weighted by Crippen LogP contribution is -2.42. The largest absolute Gasteiger partial charge is 0.496 e. The van der Waals surface area contributed by atoms with Crippen LogP contribution in [0.4, 0.5) is 0 Å². The van der Waals surface area contributed by atoms with Gasteiger partial charge >= 0.3 is 0 Å². The smallest absolute Gasteiger partial charge is 0.191 e. The van der Waals surface area contributed by atoms with Crippen LogP contribution in [0.1, 0.15) is 31.4 Å². The summed E-state index contributed by atoms with van der Waals surface area (Å²) in [5.74, 6) is 1.69. The first-order valence-corrected chi connectivity index (χ1v) is 10.2. The van der Waals surface area contributed by atoms with Crippen LogP contribution in [-0.4, -0.2) is 46.1 Å². The van der Waals surface area contributed by atoms with E-state index in [0.29, 0.717) is 18.9 Å². The van der Waals surface area contributed by atoms with Crippen LogP contribution in [0.5, 0.6) is 5.75 Å². The van der Waals surface area contributed by atoms with Gasteiger partial charge in [-0.05, 0) is 44.4 Å². The summed E-state index contributed by atoms with van der Waals surface area (Å²) in [5.41, 5.74) is 2.14. The highest BCUT2D eigenvalue weighted by molar-refractivity contribution is 7.90. The van der Waals surface area contributed by atoms with Crippen molar-refractivity contribution in [3.8, 4) is 5.75 Å². The summed E-state index contributed by atoms with van der Waals surface area (Å²) in [7, 11) is -1.29. The number of nitrogens with one attached hydrogen (secondary N) is 2. The molecule has 0 aliphatic carbocycles. The van der Waals surface area contributed by atoms with Crippen LogP contribution >= 0.6 is 0 Å². The van der Waals surface area contributed by atoms with Gasteiger partial charge in [0.05, 0.1) is 19.4 Å². The molecule has 0 fully saturated rings. The first kappa shape index (κ1) is 20.3. The number of sulfone groups is 1. The van der Waals surface area contributed by atoms with Gasteiger partial charge in [-0.25, -0.2) is 13.4 Å². The normalized spacial score (nSPS) is 13.5. The Balaban J connectivity index is 2.71. The quantitative estimate of drug-likeness (QED) is 0.550. The molecule has 1 unspecified atom stereocenters. The lowest BCUT2D eigenvalue weighted by molar-refractivity contribution is 0.411. The van der Waals surface area contributed by atoms with Crippen molar-refractivity contribution in [2.75, 3.05) is 25.7 Å². The van der Waals surface area contributed by atoms with E-state index >= 15 is 0 Å². The van der Waals surface area contributed by atoms with Gasteiger partial charge in [0, 0.05) is 18.8 Å². The third kappa shape index (κ3) is 7.68. The molecular formula is C17H29N3O3S. The maximum Gasteiger partial charge on any atom is 0.191 e. The molecule has 0 heterocycles. The zero-order valence-electron chi connectivity index (χ0n) is 15.2. The molecule has 0 saturated heterocycles. The summed E-state index contributed by atoms with van der Waals surface area (Å²) < 4.78 is 27.9. The summed E-state index contributed by atoms with van der Waals surface area (Å²) in [6.07, 6.45) is 1.80. The molecule has 0 aliphatic heterocycles. The molecule has 1 aromatic carbocycles. The van der Waals surface area contributed by atoms with Gasteiger partial charge in [-0.3, -0.25) is 0 Å². The molecule has 0 aromatic heterocycles.